The van der Waals surface area contributed by atoms with Crippen LogP contribution in [0.25, 0.3) is 33.1 Å². The van der Waals surface area contributed by atoms with Crippen molar-refractivity contribution in [3.63, 3.8) is 0 Å². The van der Waals surface area contributed by atoms with E-state index in [1.54, 1.807) is 66.0 Å². The summed E-state index contributed by atoms with van der Waals surface area (Å²) in [5, 5.41) is 12.2. The van der Waals surface area contributed by atoms with Crippen molar-refractivity contribution in [1.29, 1.82) is 0 Å². The highest BCUT2D eigenvalue weighted by Gasteiger charge is 2.39. The second-order valence-electron chi connectivity index (χ2n) is 18.9. The zero-order valence-electron chi connectivity index (χ0n) is 39.4. The Morgan fingerprint density at radius 3 is 2.39 bits per heavy atom. The van der Waals surface area contributed by atoms with Crippen molar-refractivity contribution in [2.24, 2.45) is 19.5 Å². The number of halogens is 1. The summed E-state index contributed by atoms with van der Waals surface area (Å²) in [6.45, 7) is 2.40. The second kappa shape index (κ2) is 18.7. The van der Waals surface area contributed by atoms with Gasteiger partial charge < -0.3 is 25.2 Å². The minimum absolute atomic E-state index is 0.0150. The number of imide groups is 1. The summed E-state index contributed by atoms with van der Waals surface area (Å²) >= 11 is 0. The average Bonchev–Trinajstić information content (AvgIpc) is 4.03. The first-order valence-corrected chi connectivity index (χ1v) is 24.0. The van der Waals surface area contributed by atoms with Gasteiger partial charge in [-0.3, -0.25) is 43.1 Å². The molecule has 3 N–H and O–H groups in total. The van der Waals surface area contributed by atoms with Gasteiger partial charge in [0.2, 0.25) is 17.7 Å². The summed E-state index contributed by atoms with van der Waals surface area (Å²) in [5.74, 6) is 4.08. The average molecular weight is 948 g/mol. The Morgan fingerprint density at radius 1 is 0.871 bits per heavy atom. The van der Waals surface area contributed by atoms with Crippen LogP contribution in [0, 0.1) is 23.1 Å². The number of aromatic nitrogens is 4. The van der Waals surface area contributed by atoms with Crippen molar-refractivity contribution in [2.45, 2.75) is 76.4 Å². The predicted molar refractivity (Wildman–Crippen MR) is 263 cm³/mol. The maximum atomic E-state index is 17.0. The van der Waals surface area contributed by atoms with E-state index in [1.807, 2.05) is 24.3 Å². The predicted octanol–water partition coefficient (Wildman–Crippen LogP) is 6.35. The first kappa shape index (κ1) is 46.2. The number of nitrogens with zero attached hydrogens (tertiary/aromatic N) is 6. The standard InChI is InChI=1S/C53H54FN9O7/c1-55-49(66)33-8-4-10-34(30-33)56-51(68)47-45-39(60(3)58-47)17-16-38(46(45)54)37-15-14-35(62-26-6-13-44(62)65)31-32(37)9-7-29-70-36-20-22-53(23-21-36)24-27-61(28-25-53)40-11-5-12-41-48(40)59(2)52(69)63(41)42-18-19-43(64)57-50(42)67/h4-5,8,10-12,14-17,30-31,36,42H,6,13,18-29H2,1-3H3,(H,55,66)(H,56,68)(H,57,64,67). The lowest BCUT2D eigenvalue weighted by Gasteiger charge is -2.46. The van der Waals surface area contributed by atoms with E-state index in [2.05, 4.69) is 37.8 Å². The molecule has 2 aromatic heterocycles. The fourth-order valence-electron chi connectivity index (χ4n) is 11.0. The van der Waals surface area contributed by atoms with Crippen LogP contribution in [0.5, 0.6) is 0 Å². The number of amides is 5. The Morgan fingerprint density at radius 2 is 1.64 bits per heavy atom. The molecule has 1 atom stereocenters. The maximum absolute atomic E-state index is 17.0. The third-order valence-corrected chi connectivity index (χ3v) is 14.8. The number of anilines is 3. The number of piperidine rings is 2. The molecule has 3 aliphatic heterocycles. The largest absolute Gasteiger partial charge is 0.370 e. The first-order chi connectivity index (χ1) is 33.8. The van der Waals surface area contributed by atoms with Crippen molar-refractivity contribution in [1.82, 2.24) is 29.5 Å². The number of fused-ring (bicyclic) bond motifs is 2. The van der Waals surface area contributed by atoms with Crippen LogP contribution < -0.4 is 31.4 Å². The lowest BCUT2D eigenvalue weighted by molar-refractivity contribution is -0.135. The Balaban J connectivity index is 0.827. The summed E-state index contributed by atoms with van der Waals surface area (Å²) in [4.78, 5) is 81.1. The molecule has 6 aromatic rings. The van der Waals surface area contributed by atoms with Gasteiger partial charge in [0.05, 0.1) is 33.7 Å². The van der Waals surface area contributed by atoms with Gasteiger partial charge in [-0.25, -0.2) is 9.18 Å². The monoisotopic (exact) mass is 947 g/mol. The summed E-state index contributed by atoms with van der Waals surface area (Å²) in [7, 11) is 4.89. The number of aryl methyl sites for hydroxylation is 2. The third-order valence-electron chi connectivity index (χ3n) is 14.8. The fraction of sp³-hybridized carbons (Fsp3) is 0.377. The van der Waals surface area contributed by atoms with Crippen molar-refractivity contribution >= 4 is 68.5 Å². The van der Waals surface area contributed by atoms with Crippen LogP contribution in [-0.2, 0) is 33.2 Å². The lowest BCUT2D eigenvalue weighted by Crippen LogP contribution is -2.44. The molecule has 1 aliphatic carbocycles. The van der Waals surface area contributed by atoms with Crippen LogP contribution >= 0.6 is 0 Å². The molecule has 4 aromatic carbocycles. The van der Waals surface area contributed by atoms with Crippen LogP contribution in [0.4, 0.5) is 21.5 Å². The van der Waals surface area contributed by atoms with E-state index < -0.39 is 23.7 Å². The highest BCUT2D eigenvalue weighted by atomic mass is 19.1. The van der Waals surface area contributed by atoms with Crippen LogP contribution in [-0.4, -0.2) is 87.8 Å². The molecule has 16 nitrogen and oxygen atoms in total. The van der Waals surface area contributed by atoms with E-state index in [-0.39, 0.29) is 71.0 Å². The maximum Gasteiger partial charge on any atom is 0.329 e. The highest BCUT2D eigenvalue weighted by molar-refractivity contribution is 6.12. The van der Waals surface area contributed by atoms with Crippen molar-refractivity contribution in [2.75, 3.05) is 48.4 Å². The Kier molecular flexibility index (Phi) is 12.4. The number of benzene rings is 4. The van der Waals surface area contributed by atoms with Crippen molar-refractivity contribution in [3.8, 4) is 23.0 Å². The zero-order chi connectivity index (χ0) is 48.8. The molecular weight excluding hydrogens is 894 g/mol. The zero-order valence-corrected chi connectivity index (χ0v) is 39.4. The van der Waals surface area contributed by atoms with Gasteiger partial charge in [0.25, 0.3) is 11.8 Å². The number of carbonyl (C=O) groups excluding carboxylic acids is 5. The number of imidazole rings is 1. The highest BCUT2D eigenvalue weighted by Crippen LogP contribution is 2.46. The number of carbonyl (C=O) groups is 5. The van der Waals surface area contributed by atoms with Gasteiger partial charge in [-0.2, -0.15) is 5.10 Å². The number of rotatable bonds is 9. The van der Waals surface area contributed by atoms with E-state index >= 15 is 4.39 Å². The lowest BCUT2D eigenvalue weighted by atomic mass is 9.67. The summed E-state index contributed by atoms with van der Waals surface area (Å²) < 4.78 is 28.0. The second-order valence-corrected chi connectivity index (χ2v) is 18.9. The summed E-state index contributed by atoms with van der Waals surface area (Å²) in [6.07, 6.45) is 7.51. The molecule has 360 valence electrons. The minimum Gasteiger partial charge on any atom is -0.370 e. The smallest absolute Gasteiger partial charge is 0.329 e. The molecule has 4 aliphatic rings. The molecule has 70 heavy (non-hydrogen) atoms. The first-order valence-electron chi connectivity index (χ1n) is 24.0. The molecule has 10 rings (SSSR count). The quantitative estimate of drug-likeness (QED) is 0.110. The Labute approximate surface area is 403 Å². The molecular formula is C53H54FN9O7. The normalized spacial score (nSPS) is 18.3. The Hall–Kier alpha value is -7.58. The minimum atomic E-state index is -0.738. The molecule has 5 amide bonds. The van der Waals surface area contributed by atoms with Gasteiger partial charge in [-0.05, 0) is 111 Å². The van der Waals surface area contributed by atoms with Gasteiger partial charge in [0.1, 0.15) is 18.5 Å². The van der Waals surface area contributed by atoms with Crippen LogP contribution in [0.3, 0.4) is 0 Å². The molecule has 3 saturated heterocycles. The fourth-order valence-corrected chi connectivity index (χ4v) is 11.0. The topological polar surface area (TPSA) is 182 Å². The van der Waals surface area contributed by atoms with Gasteiger partial charge in [0.15, 0.2) is 5.69 Å². The summed E-state index contributed by atoms with van der Waals surface area (Å²) in [6, 6.07) is 20.3. The van der Waals surface area contributed by atoms with E-state index in [1.165, 1.54) is 22.4 Å². The molecule has 1 unspecified atom stereocenters. The molecule has 17 heteroatoms. The van der Waals surface area contributed by atoms with E-state index in [0.29, 0.717) is 52.1 Å². The van der Waals surface area contributed by atoms with Crippen LogP contribution in [0.1, 0.15) is 96.7 Å². The molecule has 4 fully saturated rings. The molecule has 5 heterocycles. The van der Waals surface area contributed by atoms with Gasteiger partial charge in [0, 0.05) is 87.2 Å². The van der Waals surface area contributed by atoms with Gasteiger partial charge in [-0.1, -0.05) is 30.0 Å². The van der Waals surface area contributed by atoms with E-state index in [0.717, 1.165) is 69.2 Å². The van der Waals surface area contributed by atoms with Crippen molar-refractivity contribution < 1.29 is 33.1 Å². The number of hydrogen-bond acceptors (Lipinski definition) is 9. The van der Waals surface area contributed by atoms with Crippen molar-refractivity contribution in [3.05, 3.63) is 106 Å². The SMILES string of the molecule is CNC(=O)c1cccc(NC(=O)c2nn(C)c3ccc(-c4ccc(N5CCCC5=O)cc4C#CCOC4CCC5(CC4)CCN(c4cccc6c4n(C)c(=O)n6C4CCC(=O)NC4=O)CC5)c(F)c23)c1. The molecule has 0 radical (unpaired) electrons. The number of hydrogen-bond donors (Lipinski definition) is 3. The number of nitrogens with one attached hydrogen (secondary N) is 3. The van der Waals surface area contributed by atoms with E-state index in [4.69, 9.17) is 4.74 Å². The molecule has 0 bridgehead atoms. The van der Waals surface area contributed by atoms with Gasteiger partial charge >= 0.3 is 5.69 Å². The number of para-hydroxylation sites is 1. The number of ether oxygens (including phenoxy) is 1. The molecule has 1 spiro atoms. The molecule has 1 saturated carbocycles. The van der Waals surface area contributed by atoms with Gasteiger partial charge in [-0.15, -0.1) is 0 Å². The van der Waals surface area contributed by atoms with Crippen LogP contribution in [0.2, 0.25) is 0 Å². The van der Waals surface area contributed by atoms with E-state index in [9.17, 15) is 28.8 Å². The third kappa shape index (κ3) is 8.50. The Bertz CT molecular complexity index is 3250. The summed E-state index contributed by atoms with van der Waals surface area (Å²) in [5.41, 5.74) is 5.23. The van der Waals surface area contributed by atoms with Crippen LogP contribution in [0.15, 0.2) is 77.6 Å².